The topological polar surface area (TPSA) is 87.5 Å². The van der Waals surface area contributed by atoms with Gasteiger partial charge in [0.05, 0.1) is 17.2 Å². The van der Waals surface area contributed by atoms with Crippen molar-refractivity contribution >= 4 is 27.8 Å². The molecule has 0 amide bonds. The van der Waals surface area contributed by atoms with Crippen molar-refractivity contribution in [2.45, 2.75) is 26.5 Å². The van der Waals surface area contributed by atoms with E-state index < -0.39 is 12.0 Å². The van der Waals surface area contributed by atoms with E-state index >= 15 is 0 Å². The minimum absolute atomic E-state index is 0.102. The van der Waals surface area contributed by atoms with Gasteiger partial charge in [-0.05, 0) is 58.6 Å². The zero-order valence-electron chi connectivity index (χ0n) is 19.2. The Morgan fingerprint density at radius 2 is 2.09 bits per heavy atom. The smallest absolute Gasteiger partial charge is 0.338 e. The highest BCUT2D eigenvalue weighted by atomic mass is 79.9. The van der Waals surface area contributed by atoms with Gasteiger partial charge in [-0.15, -0.1) is 0 Å². The van der Waals surface area contributed by atoms with Gasteiger partial charge in [-0.2, -0.15) is 10.1 Å². The second-order valence-electron chi connectivity index (χ2n) is 7.73. The van der Waals surface area contributed by atoms with Crippen LogP contribution < -0.4 is 14.8 Å². The van der Waals surface area contributed by atoms with Gasteiger partial charge in [-0.1, -0.05) is 36.9 Å². The van der Waals surface area contributed by atoms with Crippen LogP contribution in [0.4, 0.5) is 5.95 Å². The summed E-state index contributed by atoms with van der Waals surface area (Å²) in [4.78, 5) is 17.2. The highest BCUT2D eigenvalue weighted by molar-refractivity contribution is 9.10. The summed E-state index contributed by atoms with van der Waals surface area (Å²) in [5.41, 5.74) is 4.03. The van der Waals surface area contributed by atoms with Crippen LogP contribution in [0.5, 0.6) is 11.5 Å². The number of aromatic nitrogens is 3. The molecule has 0 saturated carbocycles. The van der Waals surface area contributed by atoms with Crippen LogP contribution in [0.2, 0.25) is 0 Å². The fourth-order valence-corrected chi connectivity index (χ4v) is 4.41. The van der Waals surface area contributed by atoms with Crippen LogP contribution in [0.3, 0.4) is 0 Å². The number of ether oxygens (including phenoxy) is 3. The Balaban J connectivity index is 1.73. The molecule has 176 valence electrons. The Morgan fingerprint density at radius 1 is 1.29 bits per heavy atom. The van der Waals surface area contributed by atoms with Crippen molar-refractivity contribution in [3.05, 3.63) is 87.8 Å². The minimum Gasteiger partial charge on any atom is -0.493 e. The molecule has 0 fully saturated rings. The van der Waals surface area contributed by atoms with E-state index in [4.69, 9.17) is 14.2 Å². The molecule has 34 heavy (non-hydrogen) atoms. The van der Waals surface area contributed by atoms with Crippen molar-refractivity contribution in [1.29, 1.82) is 0 Å². The van der Waals surface area contributed by atoms with Crippen LogP contribution in [0.25, 0.3) is 0 Å². The molecule has 1 aliphatic heterocycles. The zero-order chi connectivity index (χ0) is 24.2. The van der Waals surface area contributed by atoms with Crippen molar-refractivity contribution in [2.24, 2.45) is 0 Å². The number of methoxy groups -OCH3 is 1. The van der Waals surface area contributed by atoms with Gasteiger partial charge >= 0.3 is 5.97 Å². The van der Waals surface area contributed by atoms with E-state index in [-0.39, 0.29) is 6.61 Å². The maximum atomic E-state index is 13.0. The van der Waals surface area contributed by atoms with E-state index in [1.54, 1.807) is 11.8 Å². The number of hydrogen-bond donors (Lipinski definition) is 1. The molecular weight excluding hydrogens is 500 g/mol. The average Bonchev–Trinajstić information content (AvgIpc) is 3.29. The third-order valence-corrected chi connectivity index (χ3v) is 6.14. The summed E-state index contributed by atoms with van der Waals surface area (Å²) >= 11 is 3.63. The number of hydrogen-bond acceptors (Lipinski definition) is 7. The van der Waals surface area contributed by atoms with E-state index in [2.05, 4.69) is 37.9 Å². The first-order valence-electron chi connectivity index (χ1n) is 10.6. The predicted molar refractivity (Wildman–Crippen MR) is 132 cm³/mol. The largest absolute Gasteiger partial charge is 0.493 e. The molecule has 1 aliphatic rings. The Morgan fingerprint density at radius 3 is 2.82 bits per heavy atom. The molecule has 2 heterocycles. The molecule has 0 aliphatic carbocycles. The SMILES string of the molecule is C=CCOC(=O)C1=C(C)Nc2ncnn2C1c1cc(Br)c(OCc2ccccc2C)c(OC)c1. The van der Waals surface area contributed by atoms with Crippen LogP contribution >= 0.6 is 15.9 Å². The van der Waals surface area contributed by atoms with E-state index in [0.29, 0.717) is 39.8 Å². The van der Waals surface area contributed by atoms with Gasteiger partial charge < -0.3 is 19.5 Å². The van der Waals surface area contributed by atoms with Gasteiger partial charge in [0.25, 0.3) is 0 Å². The third-order valence-electron chi connectivity index (χ3n) is 5.55. The number of halogens is 1. The maximum Gasteiger partial charge on any atom is 0.338 e. The second-order valence-corrected chi connectivity index (χ2v) is 8.59. The lowest BCUT2D eigenvalue weighted by atomic mass is 9.95. The van der Waals surface area contributed by atoms with Crippen molar-refractivity contribution in [3.63, 3.8) is 0 Å². The zero-order valence-corrected chi connectivity index (χ0v) is 20.8. The predicted octanol–water partition coefficient (Wildman–Crippen LogP) is 4.95. The minimum atomic E-state index is -0.577. The number of esters is 1. The number of aryl methyl sites for hydroxylation is 1. The first-order valence-corrected chi connectivity index (χ1v) is 11.4. The molecule has 2 aromatic carbocycles. The summed E-state index contributed by atoms with van der Waals surface area (Å²) in [7, 11) is 1.58. The Kier molecular flexibility index (Phi) is 7.02. The fourth-order valence-electron chi connectivity index (χ4n) is 3.84. The summed E-state index contributed by atoms with van der Waals surface area (Å²) < 4.78 is 19.5. The number of nitrogens with one attached hydrogen (secondary N) is 1. The lowest BCUT2D eigenvalue weighted by Gasteiger charge is -2.28. The van der Waals surface area contributed by atoms with Crippen LogP contribution in [-0.4, -0.2) is 34.5 Å². The van der Waals surface area contributed by atoms with Gasteiger partial charge in [-0.25, -0.2) is 9.48 Å². The number of nitrogens with zero attached hydrogens (tertiary/aromatic N) is 3. The highest BCUT2D eigenvalue weighted by Gasteiger charge is 2.35. The Hall–Kier alpha value is -3.59. The first-order chi connectivity index (χ1) is 16.4. The number of fused-ring (bicyclic) bond motifs is 1. The van der Waals surface area contributed by atoms with Gasteiger partial charge in [0.15, 0.2) is 11.5 Å². The Bertz CT molecular complexity index is 1270. The molecule has 0 bridgehead atoms. The number of rotatable bonds is 8. The fraction of sp³-hybridized carbons (Fsp3) is 0.240. The molecule has 0 spiro atoms. The number of carbonyl (C=O) groups excluding carboxylic acids is 1. The lowest BCUT2D eigenvalue weighted by Crippen LogP contribution is -2.29. The van der Waals surface area contributed by atoms with Gasteiger partial charge in [0, 0.05) is 5.70 Å². The lowest BCUT2D eigenvalue weighted by molar-refractivity contribution is -0.138. The number of benzene rings is 2. The molecule has 0 radical (unpaired) electrons. The summed E-state index contributed by atoms with van der Waals surface area (Å²) in [5, 5.41) is 7.47. The molecule has 1 N–H and O–H groups in total. The maximum absolute atomic E-state index is 13.0. The van der Waals surface area contributed by atoms with Crippen LogP contribution in [-0.2, 0) is 16.1 Å². The first kappa shape index (κ1) is 23.6. The van der Waals surface area contributed by atoms with E-state index in [1.807, 2.05) is 50.2 Å². The number of carbonyl (C=O) groups is 1. The third kappa shape index (κ3) is 4.56. The van der Waals surface area contributed by atoms with E-state index in [1.165, 1.54) is 12.4 Å². The quantitative estimate of drug-likeness (QED) is 0.329. The molecule has 9 heteroatoms. The van der Waals surface area contributed by atoms with Crippen molar-refractivity contribution < 1.29 is 19.0 Å². The average molecular weight is 525 g/mol. The summed E-state index contributed by atoms with van der Waals surface area (Å²) in [6.45, 7) is 7.96. The number of anilines is 1. The molecule has 3 aromatic rings. The highest BCUT2D eigenvalue weighted by Crippen LogP contribution is 2.43. The molecule has 1 atom stereocenters. The van der Waals surface area contributed by atoms with Crippen molar-refractivity contribution in [3.8, 4) is 11.5 Å². The van der Waals surface area contributed by atoms with Crippen molar-refractivity contribution in [1.82, 2.24) is 14.8 Å². The normalized spacial score (nSPS) is 14.8. The van der Waals surface area contributed by atoms with Crippen LogP contribution in [0.15, 0.2) is 71.1 Å². The summed E-state index contributed by atoms with van der Waals surface area (Å²) in [6, 6.07) is 11.2. The monoisotopic (exact) mass is 524 g/mol. The van der Waals surface area contributed by atoms with Crippen LogP contribution in [0, 0.1) is 6.92 Å². The molecular formula is C25H25BrN4O4. The summed E-state index contributed by atoms with van der Waals surface area (Å²) in [5.74, 6) is 1.15. The van der Waals surface area contributed by atoms with Gasteiger partial charge in [0.2, 0.25) is 5.95 Å². The van der Waals surface area contributed by atoms with Gasteiger partial charge in [-0.3, -0.25) is 0 Å². The molecule has 1 aromatic heterocycles. The molecule has 1 unspecified atom stereocenters. The van der Waals surface area contributed by atoms with Gasteiger partial charge in [0.1, 0.15) is 25.6 Å². The molecule has 8 nitrogen and oxygen atoms in total. The van der Waals surface area contributed by atoms with E-state index in [0.717, 1.165) is 16.7 Å². The summed E-state index contributed by atoms with van der Waals surface area (Å²) in [6.07, 6.45) is 2.97. The Labute approximate surface area is 206 Å². The molecule has 4 rings (SSSR count). The van der Waals surface area contributed by atoms with E-state index in [9.17, 15) is 4.79 Å². The van der Waals surface area contributed by atoms with Crippen molar-refractivity contribution in [2.75, 3.05) is 19.0 Å². The second kappa shape index (κ2) is 10.1. The molecule has 0 saturated heterocycles. The standard InChI is InChI=1S/C25H25BrN4O4/c1-5-10-33-24(31)21-16(3)29-25-27-14-28-30(25)22(21)18-11-19(26)23(20(12-18)32-4)34-13-17-9-7-6-8-15(17)2/h5-9,11-12,14,22H,1,10,13H2,2-4H3,(H,27,28,29). The number of allylic oxidation sites excluding steroid dienone is 1. The van der Waals surface area contributed by atoms with Crippen LogP contribution in [0.1, 0.15) is 29.7 Å².